The van der Waals surface area contributed by atoms with Gasteiger partial charge in [-0.2, -0.15) is 0 Å². The highest BCUT2D eigenvalue weighted by Crippen LogP contribution is 2.38. The van der Waals surface area contributed by atoms with Gasteiger partial charge in [0, 0.05) is 29.6 Å². The van der Waals surface area contributed by atoms with Crippen molar-refractivity contribution in [3.8, 4) is 5.75 Å². The molecule has 0 radical (unpaired) electrons. The van der Waals surface area contributed by atoms with Crippen molar-refractivity contribution in [2.75, 3.05) is 7.11 Å². The monoisotopic (exact) mass is 467 g/mol. The molecule has 0 spiro atoms. The molecule has 3 rings (SSSR count). The Balaban J connectivity index is 2.04. The number of aliphatic hydroxyl groups is 1. The van der Waals surface area contributed by atoms with E-state index < -0.39 is 17.2 Å². The Morgan fingerprint density at radius 2 is 1.91 bits per heavy atom. The van der Waals surface area contributed by atoms with Gasteiger partial charge in [0.25, 0.3) is 0 Å². The summed E-state index contributed by atoms with van der Waals surface area (Å²) in [5.41, 5.74) is 1.29. The van der Waals surface area contributed by atoms with Crippen molar-refractivity contribution in [2.24, 2.45) is 5.92 Å². The molecule has 0 saturated carbocycles. The van der Waals surface area contributed by atoms with Crippen molar-refractivity contribution < 1.29 is 19.4 Å². The van der Waals surface area contributed by atoms with E-state index in [2.05, 4.69) is 19.9 Å². The average Bonchev–Trinajstić information content (AvgIpc) is 2.81. The molecule has 1 N–H and O–H groups in total. The molecule has 0 amide bonds. The van der Waals surface area contributed by atoms with Crippen molar-refractivity contribution in [2.45, 2.75) is 46.3 Å². The Labute approximate surface area is 200 Å². The normalized spacial score (nSPS) is 22.4. The van der Waals surface area contributed by atoms with E-state index in [4.69, 9.17) is 16.3 Å². The number of Topliss-reactive ketones (excluding diaryl/α,β-unsaturated/α-hetero) is 2. The molecule has 1 aromatic rings. The van der Waals surface area contributed by atoms with Crippen LogP contribution in [0.25, 0.3) is 0 Å². The Morgan fingerprint density at radius 1 is 1.24 bits per heavy atom. The minimum absolute atomic E-state index is 0.132. The van der Waals surface area contributed by atoms with Crippen LogP contribution in [0.4, 0.5) is 0 Å². The molecule has 1 aliphatic carbocycles. The number of carbonyl (C=O) groups is 2. The van der Waals surface area contributed by atoms with Crippen LogP contribution in [0.3, 0.4) is 0 Å². The molecule has 174 valence electrons. The molecule has 1 aromatic carbocycles. The number of methoxy groups -OCH3 is 1. The molecule has 1 aliphatic heterocycles. The number of carbonyl (C=O) groups excluding carboxylic acids is 2. The maximum Gasteiger partial charge on any atom is 0.214 e. The molecule has 2 atom stereocenters. The van der Waals surface area contributed by atoms with Crippen LogP contribution in [0.15, 0.2) is 82.2 Å². The number of fused-ring (bicyclic) bond motifs is 1. The lowest BCUT2D eigenvalue weighted by Crippen LogP contribution is -2.48. The second-order valence-electron chi connectivity index (χ2n) is 8.68. The van der Waals surface area contributed by atoms with Gasteiger partial charge in [-0.25, -0.2) is 0 Å². The van der Waals surface area contributed by atoms with E-state index in [1.54, 1.807) is 19.4 Å². The van der Waals surface area contributed by atoms with Crippen LogP contribution in [0.2, 0.25) is 0 Å². The number of nitrogens with zero attached hydrogens (tertiary/aromatic N) is 1. The first-order valence-electron chi connectivity index (χ1n) is 11.0. The predicted octanol–water partition coefficient (Wildman–Crippen LogP) is 5.22. The summed E-state index contributed by atoms with van der Waals surface area (Å²) in [4.78, 5) is 27.3. The number of hydrogen-bond acceptors (Lipinski definition) is 5. The molecule has 5 nitrogen and oxygen atoms in total. The fourth-order valence-electron chi connectivity index (χ4n) is 3.72. The smallest absolute Gasteiger partial charge is 0.214 e. The lowest BCUT2D eigenvalue weighted by Gasteiger charge is -2.34. The molecule has 33 heavy (non-hydrogen) atoms. The molecule has 0 fully saturated rings. The third-order valence-electron chi connectivity index (χ3n) is 5.98. The summed E-state index contributed by atoms with van der Waals surface area (Å²) in [7, 11) is 1.62. The van der Waals surface area contributed by atoms with Crippen LogP contribution in [0.1, 0.15) is 39.7 Å². The van der Waals surface area contributed by atoms with Crippen molar-refractivity contribution >= 4 is 23.2 Å². The molecule has 6 heteroatoms. The molecule has 1 heterocycles. The van der Waals surface area contributed by atoms with Crippen LogP contribution in [0.5, 0.6) is 5.75 Å². The maximum atomic E-state index is 12.9. The average molecular weight is 468 g/mol. The molecule has 0 unspecified atom stereocenters. The van der Waals surface area contributed by atoms with Gasteiger partial charge in [0.15, 0.2) is 5.60 Å². The highest BCUT2D eigenvalue weighted by atomic mass is 35.5. The summed E-state index contributed by atoms with van der Waals surface area (Å²) >= 11 is 6.31. The largest absolute Gasteiger partial charge is 0.497 e. The van der Waals surface area contributed by atoms with Gasteiger partial charge in [-0.1, -0.05) is 61.7 Å². The van der Waals surface area contributed by atoms with Crippen molar-refractivity contribution in [3.63, 3.8) is 0 Å². The molecule has 0 aromatic heterocycles. The first kappa shape index (κ1) is 24.7. The van der Waals surface area contributed by atoms with Gasteiger partial charge >= 0.3 is 0 Å². The number of allylic oxidation sites excluding steroid dienone is 6. The number of halogens is 1. The fraction of sp³-hybridized carbons (Fsp3) is 0.333. The van der Waals surface area contributed by atoms with Gasteiger partial charge in [-0.3, -0.25) is 9.59 Å². The van der Waals surface area contributed by atoms with Crippen LogP contribution in [-0.2, 0) is 16.1 Å². The van der Waals surface area contributed by atoms with Gasteiger partial charge in [0.05, 0.1) is 12.1 Å². The number of rotatable bonds is 7. The van der Waals surface area contributed by atoms with Crippen molar-refractivity contribution in [1.29, 1.82) is 0 Å². The van der Waals surface area contributed by atoms with Crippen molar-refractivity contribution in [1.82, 2.24) is 4.90 Å². The van der Waals surface area contributed by atoms with E-state index in [1.807, 2.05) is 48.2 Å². The summed E-state index contributed by atoms with van der Waals surface area (Å²) in [6.45, 7) is 8.02. The summed E-state index contributed by atoms with van der Waals surface area (Å²) in [6, 6.07) is 7.66. The first-order valence-corrected chi connectivity index (χ1v) is 11.4. The fourth-order valence-corrected chi connectivity index (χ4v) is 4.06. The Bertz CT molecular complexity index is 1100. The van der Waals surface area contributed by atoms with Crippen LogP contribution >= 0.6 is 11.6 Å². The lowest BCUT2D eigenvalue weighted by molar-refractivity contribution is -0.144. The summed E-state index contributed by atoms with van der Waals surface area (Å²) in [5, 5.41) is 10.3. The summed E-state index contributed by atoms with van der Waals surface area (Å²) in [6.07, 6.45) is 10.6. The van der Waals surface area contributed by atoms with Gasteiger partial charge < -0.3 is 14.7 Å². The SMILES string of the molecule is CC[C@H](C)/C=C(C)/C=C/C1=CC2=C(Cl)C(=O)[C@](C)(O)C(=O)C2=CN1Cc1ccc(OC)cc1. The molecular weight excluding hydrogens is 438 g/mol. The second kappa shape index (κ2) is 9.94. The molecular formula is C27H30ClNO4. The zero-order valence-electron chi connectivity index (χ0n) is 19.7. The third-order valence-corrected chi connectivity index (χ3v) is 6.36. The number of hydrogen-bond donors (Lipinski definition) is 1. The van der Waals surface area contributed by atoms with E-state index in [0.29, 0.717) is 18.0 Å². The highest BCUT2D eigenvalue weighted by molar-refractivity contribution is 6.49. The quantitative estimate of drug-likeness (QED) is 0.439. The highest BCUT2D eigenvalue weighted by Gasteiger charge is 2.48. The van der Waals surface area contributed by atoms with Crippen LogP contribution < -0.4 is 4.74 Å². The van der Waals surface area contributed by atoms with E-state index in [0.717, 1.165) is 29.0 Å². The summed E-state index contributed by atoms with van der Waals surface area (Å²) < 4.78 is 5.24. The summed E-state index contributed by atoms with van der Waals surface area (Å²) in [5.74, 6) is -0.216. The number of ether oxygens (including phenoxy) is 1. The number of benzene rings is 1. The lowest BCUT2D eigenvalue weighted by atomic mass is 9.79. The third kappa shape index (κ3) is 5.21. The van der Waals surface area contributed by atoms with Gasteiger partial charge in [-0.05, 0) is 49.6 Å². The first-order chi connectivity index (χ1) is 15.6. The zero-order valence-corrected chi connectivity index (χ0v) is 20.4. The van der Waals surface area contributed by atoms with Crippen LogP contribution in [-0.4, -0.2) is 34.3 Å². The standard InChI is InChI=1S/C27H30ClNO4/c1-6-17(2)13-18(3)7-10-20-14-22-23(25(30)27(4,32)26(31)24(22)28)16-29(20)15-19-8-11-21(33-5)12-9-19/h7-14,16-17,32H,6,15H2,1-5H3/b10-7+,18-13+/t17-,27+/m0/s1. The van der Waals surface area contributed by atoms with Gasteiger partial charge in [0.1, 0.15) is 5.75 Å². The Kier molecular flexibility index (Phi) is 7.45. The van der Waals surface area contributed by atoms with E-state index in [1.165, 1.54) is 6.92 Å². The Hall–Kier alpha value is -2.89. The van der Waals surface area contributed by atoms with E-state index in [-0.39, 0.29) is 10.6 Å². The predicted molar refractivity (Wildman–Crippen MR) is 131 cm³/mol. The maximum absolute atomic E-state index is 12.9. The zero-order chi connectivity index (χ0) is 24.3. The minimum Gasteiger partial charge on any atom is -0.497 e. The second-order valence-corrected chi connectivity index (χ2v) is 9.05. The topological polar surface area (TPSA) is 66.8 Å². The molecule has 0 bridgehead atoms. The van der Waals surface area contributed by atoms with Crippen molar-refractivity contribution in [3.05, 3.63) is 87.8 Å². The van der Waals surface area contributed by atoms with Crippen LogP contribution in [0, 0.1) is 5.92 Å². The molecule has 0 saturated heterocycles. The Morgan fingerprint density at radius 3 is 2.52 bits per heavy atom. The minimum atomic E-state index is -2.17. The number of ketones is 2. The van der Waals surface area contributed by atoms with Gasteiger partial charge in [-0.15, -0.1) is 0 Å². The van der Waals surface area contributed by atoms with E-state index in [9.17, 15) is 14.7 Å². The molecule has 2 aliphatic rings. The van der Waals surface area contributed by atoms with E-state index >= 15 is 0 Å². The van der Waals surface area contributed by atoms with Gasteiger partial charge in [0.2, 0.25) is 11.6 Å².